The van der Waals surface area contributed by atoms with E-state index in [1.807, 2.05) is 24.0 Å². The van der Waals surface area contributed by atoms with E-state index in [9.17, 15) is 27.6 Å². The second kappa shape index (κ2) is 6.44. The van der Waals surface area contributed by atoms with Crippen molar-refractivity contribution < 1.29 is 27.6 Å². The van der Waals surface area contributed by atoms with Crippen LogP contribution in [0.1, 0.15) is 29.5 Å². The number of benzene rings is 2. The number of nitrogens with one attached hydrogen (secondary N) is 1. The van der Waals surface area contributed by atoms with E-state index in [2.05, 4.69) is 5.32 Å². The summed E-state index contributed by atoms with van der Waals surface area (Å²) < 4.78 is 39.9. The van der Waals surface area contributed by atoms with Gasteiger partial charge in [0.1, 0.15) is 5.54 Å². The number of hydrogen-bond acceptors (Lipinski definition) is 4. The van der Waals surface area contributed by atoms with Gasteiger partial charge in [0.15, 0.2) is 0 Å². The Kier molecular flexibility index (Phi) is 3.98. The maximum Gasteiger partial charge on any atom is 0.416 e. The molecule has 3 amide bonds. The highest BCUT2D eigenvalue weighted by Gasteiger charge is 2.74. The molecule has 4 aliphatic rings. The van der Waals surface area contributed by atoms with E-state index in [0.717, 1.165) is 29.0 Å². The molecule has 2 aromatic carbocycles. The topological polar surface area (TPSA) is 69.7 Å². The molecule has 6 rings (SSSR count). The van der Waals surface area contributed by atoms with E-state index in [4.69, 9.17) is 0 Å². The van der Waals surface area contributed by atoms with Gasteiger partial charge in [-0.25, -0.2) is 4.90 Å². The summed E-state index contributed by atoms with van der Waals surface area (Å²) >= 11 is 0. The van der Waals surface area contributed by atoms with Gasteiger partial charge in [0, 0.05) is 17.3 Å². The third-order valence-electron chi connectivity index (χ3n) is 7.58. The summed E-state index contributed by atoms with van der Waals surface area (Å²) in [4.78, 5) is 43.8. The van der Waals surface area contributed by atoms with Crippen LogP contribution in [0.25, 0.3) is 0 Å². The lowest BCUT2D eigenvalue weighted by Crippen LogP contribution is -2.54. The number of amides is 3. The highest BCUT2D eigenvalue weighted by molar-refractivity contribution is 6.25. The lowest BCUT2D eigenvalue weighted by atomic mass is 9.75. The van der Waals surface area contributed by atoms with Gasteiger partial charge in [-0.15, -0.1) is 0 Å². The predicted molar refractivity (Wildman–Crippen MR) is 112 cm³/mol. The molecule has 0 aliphatic carbocycles. The Morgan fingerprint density at radius 2 is 1.85 bits per heavy atom. The van der Waals surface area contributed by atoms with Gasteiger partial charge in [-0.3, -0.25) is 19.3 Å². The summed E-state index contributed by atoms with van der Waals surface area (Å²) in [6, 6.07) is 9.45. The van der Waals surface area contributed by atoms with E-state index < -0.39 is 40.9 Å². The van der Waals surface area contributed by atoms with E-state index in [1.54, 1.807) is 6.07 Å². The highest BCUT2D eigenvalue weighted by Crippen LogP contribution is 2.60. The molecule has 4 atom stereocenters. The summed E-state index contributed by atoms with van der Waals surface area (Å²) in [5.41, 5.74) is -0.203. The summed E-state index contributed by atoms with van der Waals surface area (Å²) in [5, 5.41) is 2.89. The number of carbonyl (C=O) groups is 3. The van der Waals surface area contributed by atoms with Crippen molar-refractivity contribution >= 4 is 29.1 Å². The van der Waals surface area contributed by atoms with Crippen LogP contribution in [-0.2, 0) is 26.1 Å². The van der Waals surface area contributed by atoms with E-state index in [1.165, 1.54) is 12.1 Å². The minimum absolute atomic E-state index is 0.114. The van der Waals surface area contributed by atoms with Crippen molar-refractivity contribution in [3.63, 3.8) is 0 Å². The van der Waals surface area contributed by atoms with E-state index >= 15 is 0 Å². The lowest BCUT2D eigenvalue weighted by Gasteiger charge is -2.36. The van der Waals surface area contributed by atoms with Gasteiger partial charge >= 0.3 is 6.18 Å². The summed E-state index contributed by atoms with van der Waals surface area (Å²) in [6.45, 7) is 2.46. The van der Waals surface area contributed by atoms with Gasteiger partial charge in [-0.1, -0.05) is 23.8 Å². The molecule has 0 radical (unpaired) electrons. The molecule has 1 N–H and O–H groups in total. The average molecular weight is 455 g/mol. The molecule has 3 fully saturated rings. The second-order valence-corrected chi connectivity index (χ2v) is 9.24. The quantitative estimate of drug-likeness (QED) is 0.669. The third-order valence-corrected chi connectivity index (χ3v) is 7.58. The van der Waals surface area contributed by atoms with Crippen molar-refractivity contribution in [3.8, 4) is 0 Å². The van der Waals surface area contributed by atoms with Crippen molar-refractivity contribution in [2.45, 2.75) is 37.5 Å². The first-order valence-corrected chi connectivity index (χ1v) is 10.9. The molecule has 4 heterocycles. The van der Waals surface area contributed by atoms with Crippen molar-refractivity contribution in [3.05, 3.63) is 59.2 Å². The fourth-order valence-corrected chi connectivity index (χ4v) is 6.39. The Morgan fingerprint density at radius 1 is 1.06 bits per heavy atom. The Bertz CT molecular complexity index is 1240. The van der Waals surface area contributed by atoms with Crippen LogP contribution in [0.4, 0.5) is 24.5 Å². The molecule has 2 aromatic rings. The van der Waals surface area contributed by atoms with Crippen LogP contribution < -0.4 is 10.2 Å². The normalized spacial score (nSPS) is 30.7. The SMILES string of the molecule is Cc1ccc2c(c1)[C@@]1(C(=O)N2)[C@H]2C(=O)N(c3cccc(C(F)(F)F)c3)C(=O)[C@@H]2[C@H]2CCCN21. The monoisotopic (exact) mass is 455 g/mol. The van der Waals surface area contributed by atoms with E-state index in [-0.39, 0.29) is 17.6 Å². The van der Waals surface area contributed by atoms with Crippen molar-refractivity contribution in [1.82, 2.24) is 4.90 Å². The number of halogens is 3. The second-order valence-electron chi connectivity index (χ2n) is 9.24. The molecule has 0 saturated carbocycles. The van der Waals surface area contributed by atoms with Gasteiger partial charge < -0.3 is 5.32 Å². The number of hydrogen-bond donors (Lipinski definition) is 1. The van der Waals surface area contributed by atoms with Crippen LogP contribution >= 0.6 is 0 Å². The molecule has 4 aliphatic heterocycles. The molecule has 9 heteroatoms. The first-order valence-electron chi connectivity index (χ1n) is 10.9. The first kappa shape index (κ1) is 20.4. The molecule has 33 heavy (non-hydrogen) atoms. The van der Waals surface area contributed by atoms with Crippen molar-refractivity contribution in [1.29, 1.82) is 0 Å². The Hall–Kier alpha value is -3.20. The zero-order chi connectivity index (χ0) is 23.3. The zero-order valence-electron chi connectivity index (χ0n) is 17.6. The Morgan fingerprint density at radius 3 is 2.61 bits per heavy atom. The zero-order valence-corrected chi connectivity index (χ0v) is 17.6. The molecule has 1 spiro atoms. The minimum atomic E-state index is -4.61. The van der Waals surface area contributed by atoms with Gasteiger partial charge in [-0.05, 0) is 50.6 Å². The van der Waals surface area contributed by atoms with Gasteiger partial charge in [-0.2, -0.15) is 13.2 Å². The highest BCUT2D eigenvalue weighted by atomic mass is 19.4. The molecular formula is C24H20F3N3O3. The summed E-state index contributed by atoms with van der Waals surface area (Å²) in [6.07, 6.45) is -3.19. The van der Waals surface area contributed by atoms with Gasteiger partial charge in [0.2, 0.25) is 17.7 Å². The van der Waals surface area contributed by atoms with Crippen LogP contribution in [0.2, 0.25) is 0 Å². The number of anilines is 2. The summed E-state index contributed by atoms with van der Waals surface area (Å²) in [5.74, 6) is -3.29. The number of rotatable bonds is 1. The minimum Gasteiger partial charge on any atom is -0.324 e. The van der Waals surface area contributed by atoms with Crippen LogP contribution in [0, 0.1) is 18.8 Å². The van der Waals surface area contributed by atoms with E-state index in [0.29, 0.717) is 24.2 Å². The molecule has 0 unspecified atom stereocenters. The number of aryl methyl sites for hydroxylation is 1. The lowest BCUT2D eigenvalue weighted by molar-refractivity contribution is -0.137. The number of fused-ring (bicyclic) bond motifs is 7. The maximum atomic E-state index is 13.8. The smallest absolute Gasteiger partial charge is 0.324 e. The predicted octanol–water partition coefficient (Wildman–Crippen LogP) is 3.45. The molecule has 6 nitrogen and oxygen atoms in total. The average Bonchev–Trinajstić information content (AvgIpc) is 3.46. The van der Waals surface area contributed by atoms with Crippen LogP contribution in [0.3, 0.4) is 0 Å². The third kappa shape index (κ3) is 2.45. The van der Waals surface area contributed by atoms with Gasteiger partial charge in [0.25, 0.3) is 0 Å². The largest absolute Gasteiger partial charge is 0.416 e. The van der Waals surface area contributed by atoms with Gasteiger partial charge in [0.05, 0.1) is 23.1 Å². The van der Waals surface area contributed by atoms with Crippen LogP contribution in [-0.4, -0.2) is 35.2 Å². The molecule has 170 valence electrons. The molecule has 0 bridgehead atoms. The fraction of sp³-hybridized carbons (Fsp3) is 0.375. The van der Waals surface area contributed by atoms with Crippen LogP contribution in [0.15, 0.2) is 42.5 Å². The Balaban J connectivity index is 1.53. The first-order chi connectivity index (χ1) is 15.7. The van der Waals surface area contributed by atoms with Crippen molar-refractivity contribution in [2.75, 3.05) is 16.8 Å². The molecule has 3 saturated heterocycles. The molecular weight excluding hydrogens is 435 g/mol. The molecule has 0 aromatic heterocycles. The number of nitrogens with zero attached hydrogens (tertiary/aromatic N) is 2. The Labute approximate surface area is 187 Å². The maximum absolute atomic E-state index is 13.8. The summed E-state index contributed by atoms with van der Waals surface area (Å²) in [7, 11) is 0. The van der Waals surface area contributed by atoms with Crippen LogP contribution in [0.5, 0.6) is 0 Å². The fourth-order valence-electron chi connectivity index (χ4n) is 6.39. The number of imide groups is 1. The number of alkyl halides is 3. The number of carbonyl (C=O) groups excluding carboxylic acids is 3. The standard InChI is InChI=1S/C24H20F3N3O3/c1-12-7-8-16-15(10-12)23(22(33)28-16)19-18(17-6-3-9-29(17)23)20(31)30(21(19)32)14-5-2-4-13(11-14)24(25,26)27/h2,4-5,7-8,10-11,17-19H,3,6,9H2,1H3,(H,28,33)/t17-,18-,19-,23+/m1/s1. The van der Waals surface area contributed by atoms with Crippen molar-refractivity contribution in [2.24, 2.45) is 11.8 Å².